The summed E-state index contributed by atoms with van der Waals surface area (Å²) >= 11 is 0. The van der Waals surface area contributed by atoms with Gasteiger partial charge in [-0.05, 0) is 43.7 Å². The van der Waals surface area contributed by atoms with E-state index >= 15 is 0 Å². The molecule has 7 nitrogen and oxygen atoms in total. The van der Waals surface area contributed by atoms with Crippen LogP contribution in [0.5, 0.6) is 0 Å². The molecule has 0 amide bonds. The molecular weight excluding hydrogens is 775 g/mol. The van der Waals surface area contributed by atoms with Crippen LogP contribution in [0.15, 0.2) is 194 Å². The molecule has 61 heavy (non-hydrogen) atoms. The first-order chi connectivity index (χ1) is 29.9. The van der Waals surface area contributed by atoms with E-state index in [1.165, 1.54) is 10.4 Å². The van der Waals surface area contributed by atoms with E-state index in [1.807, 2.05) is 83.9 Å². The summed E-state index contributed by atoms with van der Waals surface area (Å²) in [4.78, 5) is 6.53. The monoisotopic (exact) mass is 833 g/mol. The average Bonchev–Trinajstić information content (AvgIpc) is 3.30. The van der Waals surface area contributed by atoms with Crippen LogP contribution in [0.3, 0.4) is 0 Å². The standard InChI is InChI=1S/C53H59NO6Si/c1-53(2,3)61(46-31-19-9-20-32-46,47-33-21-10-22-34-47)60-41-49(56-38-43-25-13-6-14-26-43)51(57-39-44-27-15-7-16-28-44)52(58-40-45-29-17-8-18-30-45)50-48(55-4)35-36-59-54(50)37-42-23-11-5-12-24-42/h5-35,49-52H,36-41H2,1-4H3/t49-,50-,51-,52-/m0/s1. The average molecular weight is 834 g/mol. The molecule has 0 aliphatic carbocycles. The topological polar surface area (TPSA) is 58.6 Å². The van der Waals surface area contributed by atoms with Gasteiger partial charge in [0, 0.05) is 0 Å². The van der Waals surface area contributed by atoms with Gasteiger partial charge in [0.1, 0.15) is 30.1 Å². The Morgan fingerprint density at radius 3 is 1.46 bits per heavy atom. The fourth-order valence-electron chi connectivity index (χ4n) is 8.29. The number of methoxy groups -OCH3 is 1. The van der Waals surface area contributed by atoms with Crippen molar-refractivity contribution in [3.8, 4) is 0 Å². The summed E-state index contributed by atoms with van der Waals surface area (Å²) < 4.78 is 35.6. The second-order valence-electron chi connectivity index (χ2n) is 16.4. The van der Waals surface area contributed by atoms with Crippen molar-refractivity contribution in [1.82, 2.24) is 5.06 Å². The Bertz CT molecular complexity index is 2150. The largest absolute Gasteiger partial charge is 0.499 e. The van der Waals surface area contributed by atoms with Gasteiger partial charge in [0.25, 0.3) is 8.32 Å². The van der Waals surface area contributed by atoms with Crippen LogP contribution in [0, 0.1) is 0 Å². The second kappa shape index (κ2) is 21.6. The van der Waals surface area contributed by atoms with Gasteiger partial charge in [-0.2, -0.15) is 5.06 Å². The highest BCUT2D eigenvalue weighted by molar-refractivity contribution is 6.99. The van der Waals surface area contributed by atoms with Crippen molar-refractivity contribution >= 4 is 18.7 Å². The predicted molar refractivity (Wildman–Crippen MR) is 245 cm³/mol. The SMILES string of the molecule is COC1=CCON(Cc2ccccc2)[C@@H]1[C@H](OCc1ccccc1)[C@@H](OCc1ccccc1)[C@H](CO[Si](c1ccccc1)(c1ccccc1)C(C)(C)C)OCc1ccccc1. The van der Waals surface area contributed by atoms with Crippen LogP contribution in [0.2, 0.25) is 5.04 Å². The fourth-order valence-corrected chi connectivity index (χ4v) is 12.9. The van der Waals surface area contributed by atoms with Crippen LogP contribution in [0.25, 0.3) is 0 Å². The van der Waals surface area contributed by atoms with E-state index in [4.69, 9.17) is 28.2 Å². The maximum absolute atomic E-state index is 7.71. The molecule has 1 aliphatic rings. The Morgan fingerprint density at radius 2 is 1.00 bits per heavy atom. The van der Waals surface area contributed by atoms with Gasteiger partial charge in [0.2, 0.25) is 0 Å². The van der Waals surface area contributed by atoms with Gasteiger partial charge < -0.3 is 23.4 Å². The first-order valence-electron chi connectivity index (χ1n) is 21.2. The van der Waals surface area contributed by atoms with Gasteiger partial charge in [-0.25, -0.2) is 0 Å². The molecule has 7 rings (SSSR count). The van der Waals surface area contributed by atoms with Crippen LogP contribution in [0.4, 0.5) is 0 Å². The summed E-state index contributed by atoms with van der Waals surface area (Å²) in [7, 11) is -1.31. The van der Waals surface area contributed by atoms with E-state index in [2.05, 4.69) is 130 Å². The molecule has 0 bridgehead atoms. The van der Waals surface area contributed by atoms with Gasteiger partial charge in [-0.15, -0.1) is 0 Å². The number of hydroxylamine groups is 2. The summed E-state index contributed by atoms with van der Waals surface area (Å²) in [6, 6.07) is 62.1. The number of hydrogen-bond donors (Lipinski definition) is 0. The lowest BCUT2D eigenvalue weighted by atomic mass is 9.96. The van der Waals surface area contributed by atoms with Crippen LogP contribution < -0.4 is 10.4 Å². The van der Waals surface area contributed by atoms with Gasteiger partial charge in [-0.1, -0.05) is 203 Å². The number of hydrogen-bond acceptors (Lipinski definition) is 7. The molecule has 0 unspecified atom stereocenters. The molecule has 1 aliphatic heterocycles. The van der Waals surface area contributed by atoms with Gasteiger partial charge in [0.05, 0.1) is 46.7 Å². The van der Waals surface area contributed by atoms with Crippen LogP contribution >= 0.6 is 0 Å². The molecule has 0 N–H and O–H groups in total. The summed E-state index contributed by atoms with van der Waals surface area (Å²) in [6.07, 6.45) is 0.0276. The van der Waals surface area contributed by atoms with Gasteiger partial charge in [-0.3, -0.25) is 4.84 Å². The van der Waals surface area contributed by atoms with Crippen molar-refractivity contribution in [2.75, 3.05) is 20.3 Å². The minimum Gasteiger partial charge on any atom is -0.499 e. The maximum Gasteiger partial charge on any atom is 0.261 e. The Kier molecular flexibility index (Phi) is 15.5. The maximum atomic E-state index is 7.71. The third-order valence-corrected chi connectivity index (χ3v) is 16.3. The lowest BCUT2D eigenvalue weighted by Crippen LogP contribution is -2.67. The minimum absolute atomic E-state index is 0.225. The van der Waals surface area contributed by atoms with Gasteiger partial charge >= 0.3 is 0 Å². The van der Waals surface area contributed by atoms with Crippen molar-refractivity contribution in [3.05, 3.63) is 216 Å². The van der Waals surface area contributed by atoms with E-state index in [0.29, 0.717) is 33.0 Å². The first kappa shape index (κ1) is 43.9. The van der Waals surface area contributed by atoms with Crippen LogP contribution in [-0.2, 0) is 54.6 Å². The molecule has 0 aromatic heterocycles. The molecule has 0 saturated heterocycles. The quantitative estimate of drug-likeness (QED) is 0.0711. The normalized spacial score (nSPS) is 16.3. The zero-order chi connectivity index (χ0) is 42.3. The summed E-state index contributed by atoms with van der Waals surface area (Å²) in [5.41, 5.74) is 4.22. The zero-order valence-corrected chi connectivity index (χ0v) is 36.8. The molecule has 4 atom stereocenters. The van der Waals surface area contributed by atoms with E-state index in [9.17, 15) is 0 Å². The molecular formula is C53H59NO6Si. The molecule has 0 saturated carbocycles. The Balaban J connectivity index is 1.37. The number of nitrogens with zero attached hydrogens (tertiary/aromatic N) is 1. The highest BCUT2D eigenvalue weighted by atomic mass is 28.4. The number of benzene rings is 6. The smallest absolute Gasteiger partial charge is 0.261 e. The molecule has 0 fully saturated rings. The first-order valence-corrected chi connectivity index (χ1v) is 23.2. The highest BCUT2D eigenvalue weighted by Gasteiger charge is 2.52. The Morgan fingerprint density at radius 1 is 0.574 bits per heavy atom. The summed E-state index contributed by atoms with van der Waals surface area (Å²) in [5.74, 6) is 0.739. The molecule has 6 aromatic carbocycles. The third kappa shape index (κ3) is 11.2. The second-order valence-corrected chi connectivity index (χ2v) is 20.7. The number of rotatable bonds is 20. The van der Waals surface area contributed by atoms with Crippen molar-refractivity contribution in [2.24, 2.45) is 0 Å². The highest BCUT2D eigenvalue weighted by Crippen LogP contribution is 2.38. The summed E-state index contributed by atoms with van der Waals surface area (Å²) in [6.45, 7) is 8.95. The summed E-state index contributed by atoms with van der Waals surface area (Å²) in [5, 5.41) is 4.10. The Labute approximate surface area is 363 Å². The predicted octanol–water partition coefficient (Wildman–Crippen LogP) is 9.67. The minimum atomic E-state index is -3.03. The van der Waals surface area contributed by atoms with E-state index in [-0.39, 0.29) is 11.6 Å². The van der Waals surface area contributed by atoms with E-state index in [1.54, 1.807) is 7.11 Å². The van der Waals surface area contributed by atoms with Crippen molar-refractivity contribution in [1.29, 1.82) is 0 Å². The molecule has 6 aromatic rings. The third-order valence-electron chi connectivity index (χ3n) is 11.3. The lowest BCUT2D eigenvalue weighted by molar-refractivity contribution is -0.246. The fraction of sp³-hybridized carbons (Fsp3) is 0.283. The number of ether oxygens (including phenoxy) is 4. The van der Waals surface area contributed by atoms with E-state index < -0.39 is 32.7 Å². The molecule has 0 radical (unpaired) electrons. The van der Waals surface area contributed by atoms with Crippen molar-refractivity contribution in [3.63, 3.8) is 0 Å². The van der Waals surface area contributed by atoms with E-state index in [0.717, 1.165) is 28.0 Å². The van der Waals surface area contributed by atoms with Crippen molar-refractivity contribution in [2.45, 2.75) is 76.5 Å². The zero-order valence-electron chi connectivity index (χ0n) is 35.8. The van der Waals surface area contributed by atoms with Crippen molar-refractivity contribution < 1.29 is 28.2 Å². The lowest BCUT2D eigenvalue weighted by Gasteiger charge is -2.46. The van der Waals surface area contributed by atoms with Crippen LogP contribution in [0.1, 0.15) is 43.0 Å². The molecule has 8 heteroatoms. The molecule has 1 heterocycles. The van der Waals surface area contributed by atoms with Crippen LogP contribution in [-0.4, -0.2) is 58.1 Å². The molecule has 0 spiro atoms. The van der Waals surface area contributed by atoms with Gasteiger partial charge in [0.15, 0.2) is 0 Å². The molecule has 316 valence electrons. The Hall–Kier alpha value is -5.16.